The fourth-order valence-corrected chi connectivity index (χ4v) is 11.4. The highest BCUT2D eigenvalue weighted by Crippen LogP contribution is 2.58. The molecule has 134 valence electrons. The number of benzene rings is 1. The van der Waals surface area contributed by atoms with Crippen molar-refractivity contribution in [1.82, 2.24) is 0 Å². The Kier molecular flexibility index (Phi) is 6.65. The van der Waals surface area contributed by atoms with E-state index < -0.39 is 15.8 Å². The smallest absolute Gasteiger partial charge is 0.0501 e. The van der Waals surface area contributed by atoms with Crippen molar-refractivity contribution >= 4 is 26.5 Å². The van der Waals surface area contributed by atoms with Crippen LogP contribution in [0.25, 0.3) is 0 Å². The molecule has 0 spiro atoms. The van der Waals surface area contributed by atoms with Crippen LogP contribution in [0.4, 0.5) is 0 Å². The summed E-state index contributed by atoms with van der Waals surface area (Å²) in [6, 6.07) is 8.44. The molecule has 6 heteroatoms. The molecule has 4 atom stereocenters. The number of hydrogen-bond donors (Lipinski definition) is 4. The van der Waals surface area contributed by atoms with Crippen LogP contribution in [-0.4, -0.2) is 69.5 Å². The molecule has 4 unspecified atom stereocenters. The van der Waals surface area contributed by atoms with Gasteiger partial charge in [-0.15, -0.1) is 0 Å². The predicted molar refractivity (Wildman–Crippen MR) is 102 cm³/mol. The molecule has 0 bridgehead atoms. The summed E-state index contributed by atoms with van der Waals surface area (Å²) < 4.78 is 0. The lowest BCUT2D eigenvalue weighted by Crippen LogP contribution is -2.32. The molecule has 1 aromatic carbocycles. The van der Waals surface area contributed by atoms with Crippen molar-refractivity contribution in [2.45, 2.75) is 48.3 Å². The summed E-state index contributed by atoms with van der Waals surface area (Å²) in [5.41, 5.74) is 1.04. The quantitative estimate of drug-likeness (QED) is 0.562. The number of aliphatic hydroxyl groups excluding tert-OH is 4. The van der Waals surface area contributed by atoms with E-state index in [1.165, 1.54) is 10.6 Å². The van der Waals surface area contributed by atoms with Crippen molar-refractivity contribution in [3.8, 4) is 0 Å². The third-order valence-electron chi connectivity index (χ3n) is 5.52. The Morgan fingerprint density at radius 1 is 0.625 bits per heavy atom. The minimum atomic E-state index is -0.599. The molecule has 2 aliphatic heterocycles. The number of hydrogen-bond acceptors (Lipinski definition) is 4. The van der Waals surface area contributed by atoms with Crippen LogP contribution in [-0.2, 0) is 0 Å². The topological polar surface area (TPSA) is 80.9 Å². The Bertz CT molecular complexity index is 471. The molecule has 2 fully saturated rings. The molecule has 2 heterocycles. The van der Waals surface area contributed by atoms with Crippen LogP contribution in [0.5, 0.6) is 0 Å². The van der Waals surface area contributed by atoms with Crippen LogP contribution >= 0.6 is 15.8 Å². The van der Waals surface area contributed by atoms with Gasteiger partial charge in [0.05, 0.1) is 26.4 Å². The van der Waals surface area contributed by atoms with E-state index in [0.717, 1.165) is 25.7 Å². The van der Waals surface area contributed by atoms with Gasteiger partial charge in [-0.2, -0.15) is 0 Å². The largest absolute Gasteiger partial charge is 0.396 e. The monoisotopic (exact) mass is 370 g/mol. The Morgan fingerprint density at radius 2 is 0.917 bits per heavy atom. The van der Waals surface area contributed by atoms with Gasteiger partial charge >= 0.3 is 0 Å². The highest BCUT2D eigenvalue weighted by Gasteiger charge is 2.41. The van der Waals surface area contributed by atoms with Gasteiger partial charge in [-0.3, -0.25) is 0 Å². The maximum atomic E-state index is 9.82. The molecule has 3 rings (SSSR count). The molecule has 4 nitrogen and oxygen atoms in total. The SMILES string of the molecule is OCC1CCC(CO)P1c1ccccc1P1C(CO)CCC1CO. The number of aliphatic hydroxyl groups is 4. The van der Waals surface area contributed by atoms with Gasteiger partial charge in [-0.25, -0.2) is 0 Å². The molecule has 2 saturated heterocycles. The zero-order valence-electron chi connectivity index (χ0n) is 14.0. The molecular formula is C18H28O4P2. The van der Waals surface area contributed by atoms with E-state index >= 15 is 0 Å². The molecule has 1 aromatic rings. The Labute approximate surface area is 146 Å². The molecule has 0 aliphatic carbocycles. The maximum absolute atomic E-state index is 9.82. The van der Waals surface area contributed by atoms with Gasteiger partial charge in [0.15, 0.2) is 0 Å². The van der Waals surface area contributed by atoms with Crippen molar-refractivity contribution in [1.29, 1.82) is 0 Å². The van der Waals surface area contributed by atoms with E-state index in [1.54, 1.807) is 0 Å². The summed E-state index contributed by atoms with van der Waals surface area (Å²) in [6.07, 6.45) is 3.91. The molecule has 0 radical (unpaired) electrons. The first-order chi connectivity index (χ1) is 11.7. The van der Waals surface area contributed by atoms with Crippen molar-refractivity contribution < 1.29 is 20.4 Å². The minimum absolute atomic E-state index is 0.182. The first-order valence-electron chi connectivity index (χ1n) is 8.84. The molecule has 4 N–H and O–H groups in total. The van der Waals surface area contributed by atoms with E-state index in [1.807, 2.05) is 0 Å². The van der Waals surface area contributed by atoms with Crippen molar-refractivity contribution in [3.63, 3.8) is 0 Å². The van der Waals surface area contributed by atoms with Gasteiger partial charge in [0.25, 0.3) is 0 Å². The molecular weight excluding hydrogens is 342 g/mol. The first-order valence-corrected chi connectivity index (χ1v) is 11.8. The zero-order chi connectivity index (χ0) is 17.1. The standard InChI is InChI=1S/C18H28O4P2/c19-9-13-5-6-14(10-20)23(13)17-3-1-2-4-18(17)24-15(11-21)7-8-16(24)12-22/h1-4,13-16,19-22H,5-12H2. The van der Waals surface area contributed by atoms with Crippen LogP contribution in [0.1, 0.15) is 25.7 Å². The Morgan fingerprint density at radius 3 is 1.17 bits per heavy atom. The lowest BCUT2D eigenvalue weighted by molar-refractivity contribution is 0.284. The normalized spacial score (nSPS) is 36.3. The van der Waals surface area contributed by atoms with Crippen molar-refractivity contribution in [3.05, 3.63) is 24.3 Å². The van der Waals surface area contributed by atoms with Gasteiger partial charge in [-0.1, -0.05) is 40.1 Å². The minimum Gasteiger partial charge on any atom is -0.396 e. The maximum Gasteiger partial charge on any atom is 0.0501 e. The van der Waals surface area contributed by atoms with Crippen molar-refractivity contribution in [2.24, 2.45) is 0 Å². The fraction of sp³-hybridized carbons (Fsp3) is 0.667. The second kappa shape index (κ2) is 8.54. The summed E-state index contributed by atoms with van der Waals surface area (Å²) in [4.78, 5) is 0. The Balaban J connectivity index is 2.01. The van der Waals surface area contributed by atoms with E-state index in [2.05, 4.69) is 24.3 Å². The van der Waals surface area contributed by atoms with E-state index in [-0.39, 0.29) is 49.1 Å². The van der Waals surface area contributed by atoms with Crippen LogP contribution in [0.2, 0.25) is 0 Å². The van der Waals surface area contributed by atoms with Crippen LogP contribution in [0.3, 0.4) is 0 Å². The first kappa shape index (κ1) is 18.7. The third kappa shape index (κ3) is 3.43. The fourth-order valence-electron chi connectivity index (χ4n) is 4.33. The van der Waals surface area contributed by atoms with E-state index in [0.29, 0.717) is 0 Å². The lowest BCUT2D eigenvalue weighted by atomic mass is 10.2. The van der Waals surface area contributed by atoms with Crippen LogP contribution in [0, 0.1) is 0 Å². The third-order valence-corrected chi connectivity index (χ3v) is 12.4. The molecule has 0 saturated carbocycles. The second-order valence-corrected chi connectivity index (χ2v) is 12.3. The highest BCUT2D eigenvalue weighted by molar-refractivity contribution is 7.73. The molecule has 24 heavy (non-hydrogen) atoms. The highest BCUT2D eigenvalue weighted by atomic mass is 31.1. The lowest BCUT2D eigenvalue weighted by Gasteiger charge is -2.32. The zero-order valence-corrected chi connectivity index (χ0v) is 15.7. The van der Waals surface area contributed by atoms with Crippen molar-refractivity contribution in [2.75, 3.05) is 26.4 Å². The molecule has 2 aliphatic rings. The van der Waals surface area contributed by atoms with Gasteiger partial charge in [0.1, 0.15) is 0 Å². The number of rotatable bonds is 6. The summed E-state index contributed by atoms with van der Waals surface area (Å²) in [5.74, 6) is 0. The molecule has 0 aromatic heterocycles. The van der Waals surface area contributed by atoms with Gasteiger partial charge < -0.3 is 20.4 Å². The average Bonchev–Trinajstić information content (AvgIpc) is 3.24. The van der Waals surface area contributed by atoms with E-state index in [4.69, 9.17) is 0 Å². The van der Waals surface area contributed by atoms with Gasteiger partial charge in [0, 0.05) is 22.6 Å². The Hall–Kier alpha value is -0.0800. The van der Waals surface area contributed by atoms with Gasteiger partial charge in [0.2, 0.25) is 0 Å². The molecule has 0 amide bonds. The van der Waals surface area contributed by atoms with Crippen LogP contribution in [0.15, 0.2) is 24.3 Å². The summed E-state index contributed by atoms with van der Waals surface area (Å²) in [5, 5.41) is 41.9. The van der Waals surface area contributed by atoms with Gasteiger partial charge in [-0.05, 0) is 36.3 Å². The summed E-state index contributed by atoms with van der Waals surface area (Å²) >= 11 is 0. The predicted octanol–water partition coefficient (Wildman–Crippen LogP) is 0.932. The van der Waals surface area contributed by atoms with Crippen LogP contribution < -0.4 is 10.6 Å². The second-order valence-electron chi connectivity index (χ2n) is 6.80. The summed E-state index contributed by atoms with van der Waals surface area (Å²) in [6.45, 7) is 0.727. The average molecular weight is 370 g/mol. The summed E-state index contributed by atoms with van der Waals surface area (Å²) in [7, 11) is -1.20. The van der Waals surface area contributed by atoms with E-state index in [9.17, 15) is 20.4 Å².